The Morgan fingerprint density at radius 1 is 0.902 bits per heavy atom. The van der Waals surface area contributed by atoms with E-state index in [4.69, 9.17) is 14.6 Å². The van der Waals surface area contributed by atoms with Gasteiger partial charge in [-0.2, -0.15) is 5.10 Å². The van der Waals surface area contributed by atoms with Crippen molar-refractivity contribution in [2.45, 2.75) is 63.7 Å². The largest absolute Gasteiger partial charge is 0.490 e. The van der Waals surface area contributed by atoms with Gasteiger partial charge in [0.1, 0.15) is 29.5 Å². The molecule has 2 fully saturated rings. The van der Waals surface area contributed by atoms with Crippen LogP contribution in [0.1, 0.15) is 51.5 Å². The summed E-state index contributed by atoms with van der Waals surface area (Å²) in [7, 11) is 3.80. The molecule has 3 aromatic heterocycles. The Morgan fingerprint density at radius 3 is 2.34 bits per heavy atom. The topological polar surface area (TPSA) is 99.3 Å². The van der Waals surface area contributed by atoms with E-state index in [0.29, 0.717) is 5.88 Å². The van der Waals surface area contributed by atoms with E-state index < -0.39 is 0 Å². The Labute approximate surface area is 240 Å². The summed E-state index contributed by atoms with van der Waals surface area (Å²) in [5.41, 5.74) is 2.93. The van der Waals surface area contributed by atoms with E-state index in [-0.39, 0.29) is 23.8 Å². The lowest BCUT2D eigenvalue weighted by Crippen LogP contribution is -2.35. The summed E-state index contributed by atoms with van der Waals surface area (Å²) in [4.78, 5) is 18.7. The number of aryl methyl sites for hydroxylation is 1. The van der Waals surface area contributed by atoms with Crippen LogP contribution < -0.4 is 20.3 Å². The van der Waals surface area contributed by atoms with Gasteiger partial charge < -0.3 is 19.7 Å². The third-order valence-electron chi connectivity index (χ3n) is 8.26. The minimum absolute atomic E-state index is 0.0636. The van der Waals surface area contributed by atoms with Crippen molar-refractivity contribution >= 4 is 16.7 Å². The number of pyridine rings is 1. The average molecular weight is 558 g/mol. The molecule has 41 heavy (non-hydrogen) atoms. The van der Waals surface area contributed by atoms with Gasteiger partial charge in [-0.05, 0) is 76.8 Å². The molecule has 1 aliphatic carbocycles. The molecule has 4 aromatic rings. The lowest BCUT2D eigenvalue weighted by Gasteiger charge is -2.29. The maximum atomic E-state index is 11.7. The molecule has 0 amide bonds. The van der Waals surface area contributed by atoms with Crippen LogP contribution >= 0.6 is 0 Å². The first-order valence-electron chi connectivity index (χ1n) is 14.8. The molecule has 1 saturated carbocycles. The van der Waals surface area contributed by atoms with Crippen LogP contribution in [0, 0.1) is 0 Å². The van der Waals surface area contributed by atoms with E-state index in [0.717, 1.165) is 91.9 Å². The second kappa shape index (κ2) is 11.9. The summed E-state index contributed by atoms with van der Waals surface area (Å²) in [6.45, 7) is 5.03. The van der Waals surface area contributed by atoms with Crippen LogP contribution in [-0.4, -0.2) is 68.3 Å². The maximum Gasteiger partial charge on any atom is 0.266 e. The minimum Gasteiger partial charge on any atom is -0.490 e. The van der Waals surface area contributed by atoms with E-state index in [2.05, 4.69) is 69.3 Å². The summed E-state index contributed by atoms with van der Waals surface area (Å²) >= 11 is 0. The number of nitrogens with zero attached hydrogens (tertiary/aromatic N) is 6. The molecule has 1 aromatic carbocycles. The van der Waals surface area contributed by atoms with Crippen LogP contribution in [0.15, 0.2) is 53.5 Å². The highest BCUT2D eigenvalue weighted by atomic mass is 16.5. The highest BCUT2D eigenvalue weighted by Gasteiger charge is 2.27. The van der Waals surface area contributed by atoms with E-state index >= 15 is 0 Å². The number of benzene rings is 1. The quantitative estimate of drug-likeness (QED) is 0.334. The van der Waals surface area contributed by atoms with Crippen molar-refractivity contribution in [3.8, 4) is 22.9 Å². The Balaban J connectivity index is 1.21. The SMILES string of the molecule is CCNc1cc2c(cn1)c(-c1ccc(OC3CCN(C)CC3)cc1)nn2C1CCC(Oc2ccc(=O)n(C)n2)CC1. The predicted molar refractivity (Wildman–Crippen MR) is 160 cm³/mol. The van der Waals surface area contributed by atoms with Crippen molar-refractivity contribution < 1.29 is 9.47 Å². The van der Waals surface area contributed by atoms with Gasteiger partial charge in [-0.15, -0.1) is 5.10 Å². The Bertz CT molecular complexity index is 1530. The first kappa shape index (κ1) is 27.3. The summed E-state index contributed by atoms with van der Waals surface area (Å²) in [5.74, 6) is 2.25. The zero-order chi connectivity index (χ0) is 28.3. The number of rotatable bonds is 8. The van der Waals surface area contributed by atoms with Gasteiger partial charge in [-0.25, -0.2) is 9.67 Å². The van der Waals surface area contributed by atoms with E-state index in [1.54, 1.807) is 13.1 Å². The number of hydrogen-bond acceptors (Lipinski definition) is 8. The van der Waals surface area contributed by atoms with Crippen molar-refractivity contribution in [1.29, 1.82) is 0 Å². The van der Waals surface area contributed by atoms with Gasteiger partial charge in [0, 0.05) is 62.0 Å². The normalized spacial score (nSPS) is 20.3. The molecule has 1 aliphatic heterocycles. The fourth-order valence-corrected chi connectivity index (χ4v) is 5.91. The molecule has 0 atom stereocenters. The summed E-state index contributed by atoms with van der Waals surface area (Å²) in [6, 6.07) is 13.9. The highest BCUT2D eigenvalue weighted by Crippen LogP contribution is 2.37. The molecule has 10 heteroatoms. The molecule has 0 spiro atoms. The van der Waals surface area contributed by atoms with Gasteiger partial charge in [0.2, 0.25) is 5.88 Å². The Kier molecular flexibility index (Phi) is 7.91. The number of aromatic nitrogens is 5. The van der Waals surface area contributed by atoms with Crippen molar-refractivity contribution in [1.82, 2.24) is 29.4 Å². The van der Waals surface area contributed by atoms with Crippen molar-refractivity contribution in [3.63, 3.8) is 0 Å². The second-order valence-corrected chi connectivity index (χ2v) is 11.2. The van der Waals surface area contributed by atoms with E-state index in [9.17, 15) is 4.79 Å². The second-order valence-electron chi connectivity index (χ2n) is 11.2. The van der Waals surface area contributed by atoms with Crippen LogP contribution in [0.5, 0.6) is 11.6 Å². The van der Waals surface area contributed by atoms with Gasteiger partial charge in [0.05, 0.1) is 11.6 Å². The molecule has 216 valence electrons. The van der Waals surface area contributed by atoms with Gasteiger partial charge >= 0.3 is 0 Å². The standard InChI is InChI=1S/C31H39N7O3/c1-4-32-28-19-27-26(20-33-28)31(21-5-9-23(10-6-21)40-25-15-17-36(2)18-16-25)35-38(27)22-7-11-24(12-8-22)41-29-13-14-30(39)37(3)34-29/h5-6,9-10,13-14,19-20,22,24-25H,4,7-8,11-12,15-18H2,1-3H3,(H,32,33). The molecule has 1 N–H and O–H groups in total. The lowest BCUT2D eigenvalue weighted by atomic mass is 9.93. The Morgan fingerprint density at radius 2 is 1.63 bits per heavy atom. The van der Waals surface area contributed by atoms with Gasteiger partial charge in [-0.1, -0.05) is 0 Å². The monoisotopic (exact) mass is 557 g/mol. The van der Waals surface area contributed by atoms with Crippen molar-refractivity contribution in [2.24, 2.45) is 7.05 Å². The zero-order valence-electron chi connectivity index (χ0n) is 24.1. The molecule has 0 bridgehead atoms. The van der Waals surface area contributed by atoms with Crippen LogP contribution in [0.4, 0.5) is 5.82 Å². The summed E-state index contributed by atoms with van der Waals surface area (Å²) < 4.78 is 15.9. The average Bonchev–Trinajstić information content (AvgIpc) is 3.36. The molecular weight excluding hydrogens is 518 g/mol. The number of hydrogen-bond donors (Lipinski definition) is 1. The van der Waals surface area contributed by atoms with Crippen LogP contribution in [0.2, 0.25) is 0 Å². The van der Waals surface area contributed by atoms with Crippen molar-refractivity contribution in [3.05, 3.63) is 59.0 Å². The molecular formula is C31H39N7O3. The third kappa shape index (κ3) is 6.07. The molecule has 1 saturated heterocycles. The highest BCUT2D eigenvalue weighted by molar-refractivity contribution is 5.94. The predicted octanol–water partition coefficient (Wildman–Crippen LogP) is 4.66. The number of likely N-dealkylation sites (tertiary alicyclic amines) is 1. The van der Waals surface area contributed by atoms with Gasteiger partial charge in [0.15, 0.2) is 0 Å². The van der Waals surface area contributed by atoms with Crippen LogP contribution in [0.3, 0.4) is 0 Å². The lowest BCUT2D eigenvalue weighted by molar-refractivity contribution is 0.114. The number of piperidine rings is 1. The molecule has 2 aliphatic rings. The smallest absolute Gasteiger partial charge is 0.266 e. The van der Waals surface area contributed by atoms with Gasteiger partial charge in [0.25, 0.3) is 5.56 Å². The minimum atomic E-state index is -0.145. The molecule has 6 rings (SSSR count). The van der Waals surface area contributed by atoms with Crippen LogP contribution in [0.25, 0.3) is 22.2 Å². The fraction of sp³-hybridized carbons (Fsp3) is 0.484. The summed E-state index contributed by atoms with van der Waals surface area (Å²) in [5, 5.41) is 13.8. The fourth-order valence-electron chi connectivity index (χ4n) is 5.91. The number of fused-ring (bicyclic) bond motifs is 1. The molecule has 4 heterocycles. The first-order valence-corrected chi connectivity index (χ1v) is 14.8. The molecule has 0 unspecified atom stereocenters. The third-order valence-corrected chi connectivity index (χ3v) is 8.26. The van der Waals surface area contributed by atoms with Gasteiger partial charge in [-0.3, -0.25) is 9.48 Å². The number of anilines is 1. The van der Waals surface area contributed by atoms with E-state index in [1.165, 1.54) is 10.7 Å². The zero-order valence-corrected chi connectivity index (χ0v) is 24.1. The number of nitrogens with one attached hydrogen (secondary N) is 1. The molecule has 10 nitrogen and oxygen atoms in total. The van der Waals surface area contributed by atoms with Crippen LogP contribution in [-0.2, 0) is 7.05 Å². The maximum absolute atomic E-state index is 11.7. The Hall–Kier alpha value is -3.92. The van der Waals surface area contributed by atoms with E-state index in [1.807, 2.05) is 6.20 Å². The van der Waals surface area contributed by atoms with Crippen molar-refractivity contribution in [2.75, 3.05) is 32.0 Å². The summed E-state index contributed by atoms with van der Waals surface area (Å²) in [6.07, 6.45) is 8.05. The number of ether oxygens (including phenoxy) is 2. The first-order chi connectivity index (χ1) is 20.0. The molecule has 0 radical (unpaired) electrons.